The number of benzene rings is 1. The van der Waals surface area contributed by atoms with Crippen molar-refractivity contribution >= 4 is 17.7 Å². The number of amides is 3. The predicted octanol–water partition coefficient (Wildman–Crippen LogP) is -0.637. The van der Waals surface area contributed by atoms with E-state index in [0.29, 0.717) is 19.6 Å². The fraction of sp³-hybridized carbons (Fsp3) is 0.471. The van der Waals surface area contributed by atoms with E-state index in [1.165, 1.54) is 12.5 Å². The summed E-state index contributed by atoms with van der Waals surface area (Å²) >= 11 is 0. The second-order valence-corrected chi connectivity index (χ2v) is 5.94. The lowest BCUT2D eigenvalue weighted by atomic mass is 10.1. The molecular weight excluding hydrogens is 308 g/mol. The van der Waals surface area contributed by atoms with Crippen LogP contribution in [0.1, 0.15) is 12.5 Å². The smallest absolute Gasteiger partial charge is 0.242 e. The summed E-state index contributed by atoms with van der Waals surface area (Å²) in [7, 11) is 0. The van der Waals surface area contributed by atoms with Gasteiger partial charge in [-0.05, 0) is 12.0 Å². The van der Waals surface area contributed by atoms with Gasteiger partial charge in [-0.25, -0.2) is 0 Å². The molecule has 0 radical (unpaired) electrons. The maximum Gasteiger partial charge on any atom is 0.242 e. The number of nitrogens with zero attached hydrogens (tertiary/aromatic N) is 2. The van der Waals surface area contributed by atoms with Crippen LogP contribution in [-0.2, 0) is 20.8 Å². The van der Waals surface area contributed by atoms with Gasteiger partial charge in [-0.3, -0.25) is 19.3 Å². The quantitative estimate of drug-likeness (QED) is 0.724. The molecule has 1 aliphatic rings. The third kappa shape index (κ3) is 5.06. The molecule has 0 aromatic heterocycles. The summed E-state index contributed by atoms with van der Waals surface area (Å²) in [5, 5.41) is 2.48. The van der Waals surface area contributed by atoms with Crippen molar-refractivity contribution < 1.29 is 14.4 Å². The Bertz CT molecular complexity index is 591. The van der Waals surface area contributed by atoms with Crippen LogP contribution in [0.2, 0.25) is 0 Å². The van der Waals surface area contributed by atoms with Crippen molar-refractivity contribution in [3.63, 3.8) is 0 Å². The van der Waals surface area contributed by atoms with Gasteiger partial charge in [0.25, 0.3) is 0 Å². The van der Waals surface area contributed by atoms with Gasteiger partial charge < -0.3 is 16.0 Å². The zero-order valence-corrected chi connectivity index (χ0v) is 13.9. The van der Waals surface area contributed by atoms with Gasteiger partial charge >= 0.3 is 0 Å². The number of primary amides is 1. The van der Waals surface area contributed by atoms with Crippen LogP contribution in [0, 0.1) is 0 Å². The number of nitrogens with one attached hydrogen (secondary N) is 1. The third-order valence-corrected chi connectivity index (χ3v) is 4.19. The molecule has 1 aliphatic heterocycles. The zero-order chi connectivity index (χ0) is 17.5. The molecule has 1 aromatic carbocycles. The molecule has 0 unspecified atom stereocenters. The van der Waals surface area contributed by atoms with Crippen molar-refractivity contribution in [2.45, 2.75) is 19.4 Å². The Morgan fingerprint density at radius 2 is 1.92 bits per heavy atom. The Balaban J connectivity index is 1.91. The van der Waals surface area contributed by atoms with Crippen LogP contribution in [0.5, 0.6) is 0 Å². The van der Waals surface area contributed by atoms with Crippen molar-refractivity contribution in [3.05, 3.63) is 35.9 Å². The zero-order valence-electron chi connectivity index (χ0n) is 13.9. The molecule has 0 saturated carbocycles. The Morgan fingerprint density at radius 3 is 2.54 bits per heavy atom. The number of nitrogens with two attached hydrogens (primary N) is 1. The second-order valence-electron chi connectivity index (χ2n) is 5.94. The molecule has 130 valence electrons. The van der Waals surface area contributed by atoms with Crippen molar-refractivity contribution in [2.24, 2.45) is 5.73 Å². The van der Waals surface area contributed by atoms with Crippen molar-refractivity contribution in [1.29, 1.82) is 0 Å². The summed E-state index contributed by atoms with van der Waals surface area (Å²) in [5.41, 5.74) is 6.72. The largest absolute Gasteiger partial charge is 0.368 e. The Morgan fingerprint density at radius 1 is 1.21 bits per heavy atom. The van der Waals surface area contributed by atoms with Crippen LogP contribution in [0.15, 0.2) is 30.3 Å². The van der Waals surface area contributed by atoms with E-state index >= 15 is 0 Å². The number of rotatable bonds is 6. The first-order valence-corrected chi connectivity index (χ1v) is 8.07. The summed E-state index contributed by atoms with van der Waals surface area (Å²) in [6.45, 7) is 3.41. The van der Waals surface area contributed by atoms with Gasteiger partial charge in [0.15, 0.2) is 0 Å². The number of piperazine rings is 1. The van der Waals surface area contributed by atoms with Gasteiger partial charge in [-0.2, -0.15) is 0 Å². The molecule has 1 aromatic rings. The molecule has 2 rings (SSSR count). The average molecular weight is 332 g/mol. The van der Waals surface area contributed by atoms with Crippen LogP contribution in [0.25, 0.3) is 0 Å². The molecule has 3 N–H and O–H groups in total. The molecule has 0 aliphatic carbocycles. The summed E-state index contributed by atoms with van der Waals surface area (Å²) in [5.74, 6) is -0.879. The van der Waals surface area contributed by atoms with Gasteiger partial charge in [0.05, 0.1) is 6.54 Å². The Hall–Kier alpha value is -2.41. The molecule has 24 heavy (non-hydrogen) atoms. The van der Waals surface area contributed by atoms with Gasteiger partial charge in [0.1, 0.15) is 6.04 Å². The Labute approximate surface area is 141 Å². The highest BCUT2D eigenvalue weighted by Gasteiger charge is 2.32. The predicted molar refractivity (Wildman–Crippen MR) is 90.0 cm³/mol. The van der Waals surface area contributed by atoms with Crippen LogP contribution >= 0.6 is 0 Å². The van der Waals surface area contributed by atoms with E-state index in [1.54, 1.807) is 4.90 Å². The first-order valence-electron chi connectivity index (χ1n) is 8.07. The van der Waals surface area contributed by atoms with E-state index in [2.05, 4.69) is 5.32 Å². The van der Waals surface area contributed by atoms with Crippen LogP contribution in [-0.4, -0.2) is 66.3 Å². The molecule has 1 heterocycles. The first kappa shape index (κ1) is 17.9. The van der Waals surface area contributed by atoms with E-state index < -0.39 is 11.9 Å². The fourth-order valence-electron chi connectivity index (χ4n) is 2.81. The SMILES string of the molecule is CC(=O)NCC(=O)N1CCN(CCc2ccccc2)[C@@H](C(N)=O)C1. The maximum atomic E-state index is 12.1. The molecule has 3 amide bonds. The maximum absolute atomic E-state index is 12.1. The van der Waals surface area contributed by atoms with E-state index in [0.717, 1.165) is 6.42 Å². The van der Waals surface area contributed by atoms with Crippen LogP contribution in [0.3, 0.4) is 0 Å². The van der Waals surface area contributed by atoms with E-state index in [9.17, 15) is 14.4 Å². The molecular formula is C17H24N4O3. The fourth-order valence-corrected chi connectivity index (χ4v) is 2.81. The van der Waals surface area contributed by atoms with Gasteiger partial charge in [0, 0.05) is 33.1 Å². The van der Waals surface area contributed by atoms with Gasteiger partial charge in [0.2, 0.25) is 17.7 Å². The normalized spacial score (nSPS) is 18.2. The standard InChI is InChI=1S/C17H24N4O3/c1-13(22)19-11-16(23)21-10-9-20(15(12-21)17(18)24)8-7-14-5-3-2-4-6-14/h2-6,15H,7-12H2,1H3,(H2,18,24)(H,19,22)/t15-/m1/s1. The van der Waals surface area contributed by atoms with Gasteiger partial charge in [-0.15, -0.1) is 0 Å². The minimum atomic E-state index is -0.497. The number of carbonyl (C=O) groups is 3. The molecule has 1 atom stereocenters. The van der Waals surface area contributed by atoms with Crippen molar-refractivity contribution in [3.8, 4) is 0 Å². The van der Waals surface area contributed by atoms with Gasteiger partial charge in [-0.1, -0.05) is 30.3 Å². The minimum Gasteiger partial charge on any atom is -0.368 e. The summed E-state index contributed by atoms with van der Waals surface area (Å²) in [6.07, 6.45) is 0.824. The molecule has 0 spiro atoms. The lowest BCUT2D eigenvalue weighted by Crippen LogP contribution is -2.60. The van der Waals surface area contributed by atoms with Crippen LogP contribution in [0.4, 0.5) is 0 Å². The number of hydrogen-bond acceptors (Lipinski definition) is 4. The monoisotopic (exact) mass is 332 g/mol. The highest BCUT2D eigenvalue weighted by atomic mass is 16.2. The Kier molecular flexibility index (Phi) is 6.31. The lowest BCUT2D eigenvalue weighted by Gasteiger charge is -2.40. The summed E-state index contributed by atoms with van der Waals surface area (Å²) < 4.78 is 0. The van der Waals surface area contributed by atoms with E-state index in [1.807, 2.05) is 35.2 Å². The molecule has 7 nitrogen and oxygen atoms in total. The minimum absolute atomic E-state index is 0.0508. The third-order valence-electron chi connectivity index (χ3n) is 4.19. The lowest BCUT2D eigenvalue weighted by molar-refractivity contribution is -0.137. The highest BCUT2D eigenvalue weighted by Crippen LogP contribution is 2.12. The second kappa shape index (κ2) is 8.44. The molecule has 1 saturated heterocycles. The van der Waals surface area contributed by atoms with E-state index in [4.69, 9.17) is 5.73 Å². The first-order chi connectivity index (χ1) is 11.5. The molecule has 0 bridgehead atoms. The summed E-state index contributed by atoms with van der Waals surface area (Å²) in [6, 6.07) is 9.54. The highest BCUT2D eigenvalue weighted by molar-refractivity contribution is 5.85. The number of carbonyl (C=O) groups excluding carboxylic acids is 3. The number of hydrogen-bond donors (Lipinski definition) is 2. The molecule has 1 fully saturated rings. The average Bonchev–Trinajstić information content (AvgIpc) is 2.58. The van der Waals surface area contributed by atoms with Crippen LogP contribution < -0.4 is 11.1 Å². The van der Waals surface area contributed by atoms with E-state index in [-0.39, 0.29) is 24.9 Å². The molecule has 7 heteroatoms. The van der Waals surface area contributed by atoms with Crippen molar-refractivity contribution in [1.82, 2.24) is 15.1 Å². The van der Waals surface area contributed by atoms with Crippen molar-refractivity contribution in [2.75, 3.05) is 32.7 Å². The topological polar surface area (TPSA) is 95.7 Å². The summed E-state index contributed by atoms with van der Waals surface area (Å²) in [4.78, 5) is 38.4.